The van der Waals surface area contributed by atoms with E-state index in [0.29, 0.717) is 17.5 Å². The van der Waals surface area contributed by atoms with Crippen LogP contribution in [0.1, 0.15) is 16.2 Å². The minimum Gasteiger partial charge on any atom is -0.513 e. The summed E-state index contributed by atoms with van der Waals surface area (Å²) in [6.07, 6.45) is 0.652. The van der Waals surface area contributed by atoms with Crippen molar-refractivity contribution in [3.8, 4) is 0 Å². The lowest BCUT2D eigenvalue weighted by Gasteiger charge is -2.01. The minimum absolute atomic E-state index is 0.172. The molecule has 6 nitrogen and oxygen atoms in total. The van der Waals surface area contributed by atoms with Crippen molar-refractivity contribution in [2.24, 2.45) is 17.3 Å². The van der Waals surface area contributed by atoms with E-state index in [-0.39, 0.29) is 11.5 Å². The van der Waals surface area contributed by atoms with Crippen LogP contribution in [0.25, 0.3) is 11.0 Å². The Balaban J connectivity index is 1.91. The van der Waals surface area contributed by atoms with Gasteiger partial charge in [-0.25, -0.2) is 4.98 Å². The summed E-state index contributed by atoms with van der Waals surface area (Å²) in [5, 5.41) is 17.2. The molecular weight excluding hydrogens is 304 g/mol. The van der Waals surface area contributed by atoms with Crippen molar-refractivity contribution >= 4 is 22.5 Å². The van der Waals surface area contributed by atoms with E-state index in [9.17, 15) is 9.90 Å². The smallest absolute Gasteiger partial charge is 0.251 e. The van der Waals surface area contributed by atoms with Crippen molar-refractivity contribution < 1.29 is 9.90 Å². The van der Waals surface area contributed by atoms with Crippen LogP contribution in [-0.4, -0.2) is 20.4 Å². The van der Waals surface area contributed by atoms with Gasteiger partial charge in [0.2, 0.25) is 0 Å². The van der Waals surface area contributed by atoms with Crippen molar-refractivity contribution in [2.75, 3.05) is 0 Å². The molecule has 0 saturated carbocycles. The van der Waals surface area contributed by atoms with Gasteiger partial charge in [-0.1, -0.05) is 29.8 Å². The summed E-state index contributed by atoms with van der Waals surface area (Å²) < 4.78 is 1.67. The molecule has 24 heavy (non-hydrogen) atoms. The zero-order valence-electron chi connectivity index (χ0n) is 13.3. The number of ketones is 1. The first kappa shape index (κ1) is 15.6. The summed E-state index contributed by atoms with van der Waals surface area (Å²) >= 11 is 0. The van der Waals surface area contributed by atoms with E-state index < -0.39 is 5.78 Å². The fourth-order valence-electron chi connectivity index (χ4n) is 2.32. The van der Waals surface area contributed by atoms with E-state index in [4.69, 9.17) is 0 Å². The predicted octanol–water partition coefficient (Wildman–Crippen LogP) is 4.25. The van der Waals surface area contributed by atoms with Gasteiger partial charge in [0.25, 0.3) is 5.78 Å². The molecule has 6 heteroatoms. The number of aliphatic hydroxyl groups excluding tert-OH is 1. The number of carbonyl (C=O) groups is 1. The number of carbonyl (C=O) groups excluding carboxylic acids is 1. The standard InChI is InChI=1S/C18H16N4O2/c1-12-7-9-13(10-8-12)20-21-15(11-23)17(24)18-19-14-5-3-4-6-16(14)22(18)2/h3-11,23H,1-2H3/b15-11-,21-20?. The maximum absolute atomic E-state index is 12.6. The predicted molar refractivity (Wildman–Crippen MR) is 91.5 cm³/mol. The summed E-state index contributed by atoms with van der Waals surface area (Å²) in [6.45, 7) is 1.97. The molecule has 0 aliphatic rings. The van der Waals surface area contributed by atoms with Crippen LogP contribution >= 0.6 is 0 Å². The van der Waals surface area contributed by atoms with Gasteiger partial charge in [0.05, 0.1) is 16.7 Å². The largest absolute Gasteiger partial charge is 0.513 e. The van der Waals surface area contributed by atoms with Gasteiger partial charge in [0.15, 0.2) is 11.5 Å². The van der Waals surface area contributed by atoms with E-state index in [0.717, 1.165) is 11.1 Å². The van der Waals surface area contributed by atoms with Gasteiger partial charge in [-0.2, -0.15) is 5.11 Å². The molecule has 3 aromatic rings. The number of nitrogens with zero attached hydrogens (tertiary/aromatic N) is 4. The molecular formula is C18H16N4O2. The van der Waals surface area contributed by atoms with Gasteiger partial charge in [-0.05, 0) is 31.2 Å². The molecule has 0 atom stereocenters. The highest BCUT2D eigenvalue weighted by Gasteiger charge is 2.19. The zero-order chi connectivity index (χ0) is 17.1. The van der Waals surface area contributed by atoms with Gasteiger partial charge in [-0.15, -0.1) is 5.11 Å². The lowest BCUT2D eigenvalue weighted by molar-refractivity contribution is 0.101. The number of imidazole rings is 1. The van der Waals surface area contributed by atoms with Crippen LogP contribution in [0.15, 0.2) is 70.7 Å². The van der Waals surface area contributed by atoms with Gasteiger partial charge < -0.3 is 9.67 Å². The fourth-order valence-corrected chi connectivity index (χ4v) is 2.32. The topological polar surface area (TPSA) is 79.8 Å². The number of aromatic nitrogens is 2. The number of azo groups is 1. The SMILES string of the molecule is Cc1ccc(N=N/C(=C\O)C(=O)c2nc3ccccc3n2C)cc1. The van der Waals surface area contributed by atoms with Gasteiger partial charge in [-0.3, -0.25) is 4.79 Å². The Bertz CT molecular complexity index is 953. The maximum Gasteiger partial charge on any atom is 0.251 e. The zero-order valence-corrected chi connectivity index (χ0v) is 13.3. The van der Waals surface area contributed by atoms with Crippen LogP contribution in [0.4, 0.5) is 5.69 Å². The molecule has 0 radical (unpaired) electrons. The molecule has 0 aliphatic carbocycles. The Hall–Kier alpha value is -3.28. The number of aliphatic hydroxyl groups is 1. The minimum atomic E-state index is -0.493. The number of fused-ring (bicyclic) bond motifs is 1. The van der Waals surface area contributed by atoms with E-state index >= 15 is 0 Å². The molecule has 3 rings (SSSR count). The second kappa shape index (κ2) is 6.45. The molecule has 1 N–H and O–H groups in total. The molecule has 0 saturated heterocycles. The van der Waals surface area contributed by atoms with Gasteiger partial charge >= 0.3 is 0 Å². The quantitative estimate of drug-likeness (QED) is 0.338. The molecule has 0 amide bonds. The first-order valence-corrected chi connectivity index (χ1v) is 7.39. The molecule has 0 aliphatic heterocycles. The molecule has 0 bridgehead atoms. The van der Waals surface area contributed by atoms with Crippen molar-refractivity contribution in [2.45, 2.75) is 6.92 Å². The van der Waals surface area contributed by atoms with Crippen molar-refractivity contribution in [1.82, 2.24) is 9.55 Å². The lowest BCUT2D eigenvalue weighted by Crippen LogP contribution is -2.09. The summed E-state index contributed by atoms with van der Waals surface area (Å²) in [7, 11) is 1.74. The van der Waals surface area contributed by atoms with E-state index in [2.05, 4.69) is 15.2 Å². The van der Waals surface area contributed by atoms with Crippen molar-refractivity contribution in [3.05, 3.63) is 71.9 Å². The molecule has 2 aromatic carbocycles. The Morgan fingerprint density at radius 1 is 1.17 bits per heavy atom. The van der Waals surface area contributed by atoms with Crippen LogP contribution in [-0.2, 0) is 7.05 Å². The summed E-state index contributed by atoms with van der Waals surface area (Å²) in [6, 6.07) is 14.8. The monoisotopic (exact) mass is 320 g/mol. The average Bonchev–Trinajstić information content (AvgIpc) is 2.94. The average molecular weight is 320 g/mol. The summed E-state index contributed by atoms with van der Waals surface area (Å²) in [4.78, 5) is 16.9. The van der Waals surface area contributed by atoms with Crippen molar-refractivity contribution in [3.63, 3.8) is 0 Å². The Kier molecular flexibility index (Phi) is 4.20. The van der Waals surface area contributed by atoms with E-state index in [1.807, 2.05) is 43.3 Å². The first-order chi connectivity index (χ1) is 11.6. The fraction of sp³-hybridized carbons (Fsp3) is 0.111. The molecule has 1 aromatic heterocycles. The lowest BCUT2D eigenvalue weighted by atomic mass is 10.2. The number of hydrogen-bond donors (Lipinski definition) is 1. The van der Waals surface area contributed by atoms with Crippen LogP contribution in [0.5, 0.6) is 0 Å². The summed E-state index contributed by atoms with van der Waals surface area (Å²) in [5.74, 6) is -0.300. The Morgan fingerprint density at radius 3 is 2.54 bits per heavy atom. The highest BCUT2D eigenvalue weighted by molar-refractivity contribution is 6.07. The number of benzene rings is 2. The van der Waals surface area contributed by atoms with E-state index in [1.54, 1.807) is 23.7 Å². The van der Waals surface area contributed by atoms with Gasteiger partial charge in [0, 0.05) is 7.05 Å². The highest BCUT2D eigenvalue weighted by Crippen LogP contribution is 2.19. The van der Waals surface area contributed by atoms with Crippen molar-refractivity contribution in [1.29, 1.82) is 0 Å². The third kappa shape index (κ3) is 2.94. The number of Topliss-reactive ketones (excluding diaryl/α,β-unsaturated/α-hetero) is 1. The third-order valence-electron chi connectivity index (χ3n) is 3.65. The number of hydrogen-bond acceptors (Lipinski definition) is 5. The first-order valence-electron chi connectivity index (χ1n) is 7.39. The Labute approximate surface area is 138 Å². The summed E-state index contributed by atoms with van der Waals surface area (Å²) in [5.41, 5.74) is 3.05. The van der Waals surface area contributed by atoms with Gasteiger partial charge in [0.1, 0.15) is 6.26 Å². The second-order valence-electron chi connectivity index (χ2n) is 5.36. The normalized spacial score (nSPS) is 12.2. The van der Waals surface area contributed by atoms with Crippen LogP contribution < -0.4 is 0 Å². The van der Waals surface area contributed by atoms with E-state index in [1.165, 1.54) is 0 Å². The Morgan fingerprint density at radius 2 is 1.88 bits per heavy atom. The molecule has 1 heterocycles. The number of para-hydroxylation sites is 2. The number of aryl methyl sites for hydroxylation is 2. The van der Waals surface area contributed by atoms with Crippen LogP contribution in [0, 0.1) is 6.92 Å². The second-order valence-corrected chi connectivity index (χ2v) is 5.36. The molecule has 120 valence electrons. The third-order valence-corrected chi connectivity index (χ3v) is 3.65. The maximum atomic E-state index is 12.6. The molecule has 0 fully saturated rings. The highest BCUT2D eigenvalue weighted by atomic mass is 16.2. The number of rotatable bonds is 4. The van der Waals surface area contributed by atoms with Crippen LogP contribution in [0.2, 0.25) is 0 Å². The molecule has 0 spiro atoms. The number of allylic oxidation sites excluding steroid dienone is 1. The molecule has 0 unspecified atom stereocenters. The van der Waals surface area contributed by atoms with Crippen LogP contribution in [0.3, 0.4) is 0 Å².